The van der Waals surface area contributed by atoms with Gasteiger partial charge in [-0.05, 0) is 31.2 Å². The molecule has 0 aliphatic heterocycles. The molecule has 0 aliphatic rings. The zero-order valence-corrected chi connectivity index (χ0v) is 15.3. The highest BCUT2D eigenvalue weighted by Crippen LogP contribution is 2.29. The Morgan fingerprint density at radius 2 is 1.80 bits per heavy atom. The molecule has 3 aromatic rings. The van der Waals surface area contributed by atoms with E-state index in [1.54, 1.807) is 0 Å². The highest BCUT2D eigenvalue weighted by atomic mass is 79.9. The van der Waals surface area contributed by atoms with Crippen molar-refractivity contribution in [1.29, 1.82) is 0 Å². The number of hydrogen-bond donors (Lipinski definition) is 1. The van der Waals surface area contributed by atoms with E-state index in [4.69, 9.17) is 0 Å². The van der Waals surface area contributed by atoms with Gasteiger partial charge >= 0.3 is 6.18 Å². The first-order chi connectivity index (χ1) is 11.8. The van der Waals surface area contributed by atoms with Gasteiger partial charge in [0.05, 0.1) is 11.7 Å². The van der Waals surface area contributed by atoms with Crippen LogP contribution in [-0.4, -0.2) is 15.2 Å². The van der Waals surface area contributed by atoms with Crippen molar-refractivity contribution in [1.82, 2.24) is 15.2 Å². The summed E-state index contributed by atoms with van der Waals surface area (Å²) in [5.74, 6) is 0.265. The number of alkyl halides is 3. The van der Waals surface area contributed by atoms with Gasteiger partial charge in [0.2, 0.25) is 0 Å². The first-order valence-electron chi connectivity index (χ1n) is 7.22. The average Bonchev–Trinajstić information content (AvgIpc) is 3.05. The van der Waals surface area contributed by atoms with Crippen LogP contribution in [0.2, 0.25) is 0 Å². The van der Waals surface area contributed by atoms with Crippen molar-refractivity contribution in [2.45, 2.75) is 19.1 Å². The molecule has 3 rings (SSSR count). The van der Waals surface area contributed by atoms with E-state index in [-0.39, 0.29) is 11.9 Å². The fourth-order valence-corrected chi connectivity index (χ4v) is 3.18. The second-order valence-corrected chi connectivity index (χ2v) is 7.05. The minimum atomic E-state index is -4.49. The quantitative estimate of drug-likeness (QED) is 0.591. The molecule has 9 heteroatoms. The Hall–Kier alpha value is -2.00. The molecule has 1 aromatic carbocycles. The maximum Gasteiger partial charge on any atom is 0.435 e. The van der Waals surface area contributed by atoms with E-state index >= 15 is 0 Å². The van der Waals surface area contributed by atoms with Gasteiger partial charge in [0.1, 0.15) is 10.8 Å². The molecule has 0 aliphatic carbocycles. The largest absolute Gasteiger partial charge is 0.435 e. The summed E-state index contributed by atoms with van der Waals surface area (Å²) < 4.78 is 38.5. The summed E-state index contributed by atoms with van der Waals surface area (Å²) in [6.07, 6.45) is -4.49. The maximum absolute atomic E-state index is 12.5. The van der Waals surface area contributed by atoms with Gasteiger partial charge in [-0.2, -0.15) is 13.2 Å². The van der Waals surface area contributed by atoms with E-state index in [0.717, 1.165) is 26.8 Å². The predicted molar refractivity (Wildman–Crippen MR) is 94.3 cm³/mol. The normalized spacial score (nSPS) is 12.8. The van der Waals surface area contributed by atoms with Crippen LogP contribution in [-0.2, 0) is 6.18 Å². The molecule has 0 amide bonds. The van der Waals surface area contributed by atoms with Gasteiger partial charge in [0, 0.05) is 15.4 Å². The van der Waals surface area contributed by atoms with Crippen molar-refractivity contribution in [3.05, 3.63) is 57.0 Å². The summed E-state index contributed by atoms with van der Waals surface area (Å²) in [7, 11) is 0. The average molecular weight is 429 g/mol. The zero-order valence-electron chi connectivity index (χ0n) is 12.9. The van der Waals surface area contributed by atoms with Crippen molar-refractivity contribution in [2.24, 2.45) is 0 Å². The smallest absolute Gasteiger partial charge is 0.360 e. The standard InChI is InChI=1S/C16H12BrF3N4S/c1-9(21-14-7-6-13(23-24-14)16(18,19)20)15-22-12(8-25-15)10-2-4-11(17)5-3-10/h2-9H,1H3,(H,21,24). The number of nitrogens with one attached hydrogen (secondary N) is 1. The summed E-state index contributed by atoms with van der Waals surface area (Å²) in [6.45, 7) is 1.86. The van der Waals surface area contributed by atoms with Crippen LogP contribution < -0.4 is 5.32 Å². The van der Waals surface area contributed by atoms with Crippen molar-refractivity contribution < 1.29 is 13.2 Å². The molecule has 0 saturated heterocycles. The molecule has 1 unspecified atom stereocenters. The van der Waals surface area contributed by atoms with Crippen molar-refractivity contribution >= 4 is 33.1 Å². The number of benzene rings is 1. The second-order valence-electron chi connectivity index (χ2n) is 5.25. The Balaban J connectivity index is 1.71. The van der Waals surface area contributed by atoms with E-state index in [9.17, 15) is 13.2 Å². The molecule has 2 aromatic heterocycles. The first kappa shape index (κ1) is 17.8. The highest BCUT2D eigenvalue weighted by molar-refractivity contribution is 9.10. The lowest BCUT2D eigenvalue weighted by Gasteiger charge is -2.12. The third-order valence-corrected chi connectivity index (χ3v) is 4.91. The SMILES string of the molecule is CC(Nc1ccc(C(F)(F)F)nn1)c1nc(-c2ccc(Br)cc2)cs1. The molecule has 0 spiro atoms. The molecule has 0 saturated carbocycles. The van der Waals surface area contributed by atoms with Crippen LogP contribution >= 0.6 is 27.3 Å². The molecule has 25 heavy (non-hydrogen) atoms. The number of thiazole rings is 1. The van der Waals surface area contributed by atoms with E-state index in [1.165, 1.54) is 17.4 Å². The molecule has 4 nitrogen and oxygen atoms in total. The summed E-state index contributed by atoms with van der Waals surface area (Å²) >= 11 is 4.86. The summed E-state index contributed by atoms with van der Waals surface area (Å²) in [6, 6.07) is 9.75. The second kappa shape index (κ2) is 7.09. The van der Waals surface area contributed by atoms with Crippen LogP contribution in [0, 0.1) is 0 Å². The molecular formula is C16H12BrF3N4S. The Morgan fingerprint density at radius 3 is 2.40 bits per heavy atom. The van der Waals surface area contributed by atoms with Crippen molar-refractivity contribution in [2.75, 3.05) is 5.32 Å². The van der Waals surface area contributed by atoms with Gasteiger partial charge in [-0.25, -0.2) is 4.98 Å². The number of hydrogen-bond acceptors (Lipinski definition) is 5. The summed E-state index contributed by atoms with van der Waals surface area (Å²) in [5.41, 5.74) is 0.823. The lowest BCUT2D eigenvalue weighted by molar-refractivity contribution is -0.141. The Labute approximate surface area is 154 Å². The van der Waals surface area contributed by atoms with E-state index in [2.05, 4.69) is 36.4 Å². The van der Waals surface area contributed by atoms with Crippen LogP contribution in [0.4, 0.5) is 19.0 Å². The molecule has 1 atom stereocenters. The topological polar surface area (TPSA) is 50.7 Å². The van der Waals surface area contributed by atoms with Gasteiger partial charge in [-0.15, -0.1) is 21.5 Å². The number of halogens is 4. The number of aromatic nitrogens is 3. The molecule has 0 fully saturated rings. The monoisotopic (exact) mass is 428 g/mol. The minimum absolute atomic E-state index is 0.208. The maximum atomic E-state index is 12.5. The fourth-order valence-electron chi connectivity index (χ4n) is 2.08. The van der Waals surface area contributed by atoms with Gasteiger partial charge in [0.15, 0.2) is 5.69 Å². The Morgan fingerprint density at radius 1 is 1.08 bits per heavy atom. The van der Waals surface area contributed by atoms with Gasteiger partial charge in [-0.1, -0.05) is 28.1 Å². The minimum Gasteiger partial charge on any atom is -0.360 e. The lowest BCUT2D eigenvalue weighted by atomic mass is 10.2. The van der Waals surface area contributed by atoms with Gasteiger partial charge in [-0.3, -0.25) is 0 Å². The first-order valence-corrected chi connectivity index (χ1v) is 8.89. The van der Waals surface area contributed by atoms with Gasteiger partial charge in [0.25, 0.3) is 0 Å². The highest BCUT2D eigenvalue weighted by Gasteiger charge is 2.32. The lowest BCUT2D eigenvalue weighted by Crippen LogP contribution is -2.12. The fraction of sp³-hybridized carbons (Fsp3) is 0.188. The van der Waals surface area contributed by atoms with Crippen molar-refractivity contribution in [3.8, 4) is 11.3 Å². The van der Waals surface area contributed by atoms with Crippen LogP contribution in [0.3, 0.4) is 0 Å². The molecule has 0 bridgehead atoms. The summed E-state index contributed by atoms with van der Waals surface area (Å²) in [4.78, 5) is 4.58. The Bertz CT molecular complexity index is 847. The Kier molecular flexibility index (Phi) is 5.05. The molecule has 0 radical (unpaired) electrons. The van der Waals surface area contributed by atoms with Crippen molar-refractivity contribution in [3.63, 3.8) is 0 Å². The van der Waals surface area contributed by atoms with Gasteiger partial charge < -0.3 is 5.32 Å². The number of rotatable bonds is 4. The zero-order chi connectivity index (χ0) is 18.0. The third kappa shape index (κ3) is 4.35. The van der Waals surface area contributed by atoms with E-state index in [1.807, 2.05) is 36.6 Å². The van der Waals surface area contributed by atoms with Crippen LogP contribution in [0.5, 0.6) is 0 Å². The van der Waals surface area contributed by atoms with Crippen LogP contribution in [0.15, 0.2) is 46.3 Å². The van der Waals surface area contributed by atoms with E-state index in [0.29, 0.717) is 0 Å². The predicted octanol–water partition coefficient (Wildman–Crippen LogP) is 5.55. The van der Waals surface area contributed by atoms with Crippen LogP contribution in [0.25, 0.3) is 11.3 Å². The summed E-state index contributed by atoms with van der Waals surface area (Å²) in [5, 5.41) is 12.5. The molecule has 1 N–H and O–H groups in total. The molecule has 2 heterocycles. The number of anilines is 1. The molecule has 130 valence electrons. The molecular weight excluding hydrogens is 417 g/mol. The third-order valence-electron chi connectivity index (χ3n) is 3.35. The van der Waals surface area contributed by atoms with Crippen LogP contribution in [0.1, 0.15) is 23.7 Å². The number of nitrogens with zero attached hydrogens (tertiary/aromatic N) is 3. The van der Waals surface area contributed by atoms with E-state index < -0.39 is 11.9 Å².